The first kappa shape index (κ1) is 24.4. The maximum Gasteiger partial charge on any atom is 0.294 e. The fourth-order valence-corrected chi connectivity index (χ4v) is 4.90. The second kappa shape index (κ2) is 8.49. The molecule has 3 aromatic heterocycles. The largest absolute Gasteiger partial charge is 0.382 e. The number of nitrogens with zero attached hydrogens (tertiary/aromatic N) is 7. The highest BCUT2D eigenvalue weighted by atomic mass is 32.2. The van der Waals surface area contributed by atoms with Gasteiger partial charge in [0.1, 0.15) is 17.3 Å². The van der Waals surface area contributed by atoms with Crippen molar-refractivity contribution < 1.29 is 13.0 Å². The molecule has 180 valence electrons. The highest BCUT2D eigenvalue weighted by Gasteiger charge is 2.29. The van der Waals surface area contributed by atoms with E-state index in [1.165, 1.54) is 28.2 Å². The molecular weight excluding hydrogens is 488 g/mol. The summed E-state index contributed by atoms with van der Waals surface area (Å²) < 4.78 is 34.5. The Bertz CT molecular complexity index is 1630. The van der Waals surface area contributed by atoms with Gasteiger partial charge in [-0.05, 0) is 43.7 Å². The molecule has 11 nitrogen and oxygen atoms in total. The van der Waals surface area contributed by atoms with Gasteiger partial charge in [-0.3, -0.25) is 4.55 Å². The Morgan fingerprint density at radius 2 is 1.89 bits per heavy atom. The zero-order valence-corrected chi connectivity index (χ0v) is 21.2. The fourth-order valence-electron chi connectivity index (χ4n) is 3.50. The van der Waals surface area contributed by atoms with Gasteiger partial charge in [0.2, 0.25) is 5.13 Å². The van der Waals surface area contributed by atoms with Crippen LogP contribution in [0.3, 0.4) is 0 Å². The summed E-state index contributed by atoms with van der Waals surface area (Å²) in [7, 11) is -4.39. The summed E-state index contributed by atoms with van der Waals surface area (Å²) in [5.41, 5.74) is 8.54. The molecule has 0 amide bonds. The zero-order valence-electron chi connectivity index (χ0n) is 19.6. The van der Waals surface area contributed by atoms with E-state index in [9.17, 15) is 18.2 Å². The molecule has 0 saturated heterocycles. The summed E-state index contributed by atoms with van der Waals surface area (Å²) in [4.78, 5) is 8.44. The normalized spacial score (nSPS) is 12.5. The molecule has 3 heterocycles. The fraction of sp³-hybridized carbons (Fsp3) is 0.273. The number of hydrogen-bond donors (Lipinski definition) is 2. The number of nitrogen functional groups attached to an aromatic ring is 1. The molecule has 0 aliphatic rings. The number of aryl methyl sites for hydroxylation is 2. The van der Waals surface area contributed by atoms with Gasteiger partial charge >= 0.3 is 0 Å². The van der Waals surface area contributed by atoms with Crippen LogP contribution in [0.4, 0.5) is 17.3 Å². The van der Waals surface area contributed by atoms with E-state index < -0.39 is 15.5 Å². The van der Waals surface area contributed by atoms with Crippen molar-refractivity contribution >= 4 is 49.0 Å². The van der Waals surface area contributed by atoms with Gasteiger partial charge in [0.05, 0.1) is 20.8 Å². The summed E-state index contributed by atoms with van der Waals surface area (Å²) in [6.45, 7) is 9.42. The second-order valence-electron chi connectivity index (χ2n) is 8.94. The molecule has 0 fully saturated rings. The van der Waals surface area contributed by atoms with E-state index in [2.05, 4.69) is 31.4 Å². The molecule has 1 aromatic carbocycles. The molecule has 0 radical (unpaired) electrons. The third kappa shape index (κ3) is 4.63. The van der Waals surface area contributed by atoms with Crippen LogP contribution in [-0.4, -0.2) is 32.7 Å². The number of rotatable bonds is 4. The van der Waals surface area contributed by atoms with Crippen LogP contribution < -0.4 is 5.73 Å². The molecule has 4 aromatic rings. The number of anilines is 1. The Morgan fingerprint density at radius 1 is 1.17 bits per heavy atom. The van der Waals surface area contributed by atoms with Gasteiger partial charge in [-0.25, -0.2) is 9.97 Å². The Kier molecular flexibility index (Phi) is 5.92. The number of azo groups is 1. The molecule has 0 bridgehead atoms. The number of thiazole rings is 1. The predicted molar refractivity (Wildman–Crippen MR) is 132 cm³/mol. The molecular formula is C22H22N8O3S2. The van der Waals surface area contributed by atoms with Gasteiger partial charge in [-0.15, -0.1) is 10.2 Å². The monoisotopic (exact) mass is 510 g/mol. The van der Waals surface area contributed by atoms with Crippen molar-refractivity contribution in [3.63, 3.8) is 0 Å². The average Bonchev–Trinajstić information content (AvgIpc) is 3.32. The van der Waals surface area contributed by atoms with E-state index in [0.717, 1.165) is 11.3 Å². The van der Waals surface area contributed by atoms with Gasteiger partial charge in [0.25, 0.3) is 10.1 Å². The molecule has 0 spiro atoms. The molecule has 13 heteroatoms. The molecule has 0 atom stereocenters. The predicted octanol–water partition coefficient (Wildman–Crippen LogP) is 4.91. The van der Waals surface area contributed by atoms with Gasteiger partial charge in [0.15, 0.2) is 11.6 Å². The maximum atomic E-state index is 11.5. The van der Waals surface area contributed by atoms with Crippen LogP contribution in [0, 0.1) is 25.2 Å². The minimum absolute atomic E-state index is 0.158. The quantitative estimate of drug-likeness (QED) is 0.288. The van der Waals surface area contributed by atoms with Gasteiger partial charge in [-0.1, -0.05) is 32.1 Å². The number of pyridine rings is 1. The Labute approximate surface area is 205 Å². The van der Waals surface area contributed by atoms with Gasteiger partial charge in [0, 0.05) is 11.1 Å². The van der Waals surface area contributed by atoms with Crippen LogP contribution in [-0.2, 0) is 15.5 Å². The molecule has 3 N–H and O–H groups in total. The van der Waals surface area contributed by atoms with E-state index in [1.807, 2.05) is 40.7 Å². The van der Waals surface area contributed by atoms with E-state index in [4.69, 9.17) is 5.73 Å². The SMILES string of the molecule is Cc1cc(C)c(/N=N/c2c(C#N)c(C(C)(C)C)nn2-c2nc3cc(S(=O)(=O)O)ccc3s2)c(N)n1. The summed E-state index contributed by atoms with van der Waals surface area (Å²) >= 11 is 1.22. The lowest BCUT2D eigenvalue weighted by Gasteiger charge is -2.14. The van der Waals surface area contributed by atoms with Crippen molar-refractivity contribution in [1.29, 1.82) is 5.26 Å². The van der Waals surface area contributed by atoms with Crippen molar-refractivity contribution in [3.05, 3.63) is 46.8 Å². The van der Waals surface area contributed by atoms with Crippen LogP contribution in [0.25, 0.3) is 15.3 Å². The van der Waals surface area contributed by atoms with Crippen LogP contribution in [0.15, 0.2) is 39.4 Å². The van der Waals surface area contributed by atoms with E-state index in [1.54, 1.807) is 6.07 Å². The summed E-state index contributed by atoms with van der Waals surface area (Å²) in [5, 5.41) is 23.6. The van der Waals surface area contributed by atoms with E-state index >= 15 is 0 Å². The highest BCUT2D eigenvalue weighted by Crippen LogP contribution is 2.37. The lowest BCUT2D eigenvalue weighted by molar-refractivity contribution is 0.483. The first-order valence-electron chi connectivity index (χ1n) is 10.4. The summed E-state index contributed by atoms with van der Waals surface area (Å²) in [6, 6.07) is 8.11. The van der Waals surface area contributed by atoms with Crippen LogP contribution >= 0.6 is 11.3 Å². The number of hydrogen-bond acceptors (Lipinski definition) is 10. The Balaban J connectivity index is 1.94. The number of nitriles is 1. The Hall–Kier alpha value is -3.73. The van der Waals surface area contributed by atoms with Crippen molar-refractivity contribution in [2.75, 3.05) is 5.73 Å². The number of nitrogens with two attached hydrogens (primary N) is 1. The molecule has 0 unspecified atom stereocenters. The standard InChI is InChI=1S/C22H22N8O3S2/c1-11-8-12(2)25-19(24)17(11)27-28-20-14(10-23)18(22(3,4)5)29-30(20)21-26-15-9-13(35(31,32)33)6-7-16(15)34-21/h6-9H,1-5H3,(H2,24,25)(H,31,32,33)/b28-27+. The third-order valence-corrected chi connectivity index (χ3v) is 6.95. The molecule has 0 saturated carbocycles. The lowest BCUT2D eigenvalue weighted by atomic mass is 9.90. The first-order valence-corrected chi connectivity index (χ1v) is 12.6. The highest BCUT2D eigenvalue weighted by molar-refractivity contribution is 7.85. The van der Waals surface area contributed by atoms with Crippen molar-refractivity contribution in [2.24, 2.45) is 10.2 Å². The van der Waals surface area contributed by atoms with E-state index in [0.29, 0.717) is 26.7 Å². The second-order valence-corrected chi connectivity index (χ2v) is 11.4. The maximum absolute atomic E-state index is 11.5. The number of fused-ring (bicyclic) bond motifs is 1. The number of benzene rings is 1. The minimum Gasteiger partial charge on any atom is -0.382 e. The average molecular weight is 511 g/mol. The summed E-state index contributed by atoms with van der Waals surface area (Å²) in [5.74, 6) is 0.371. The van der Waals surface area contributed by atoms with Gasteiger partial charge in [-0.2, -0.15) is 23.5 Å². The zero-order chi connectivity index (χ0) is 25.7. The van der Waals surface area contributed by atoms with Crippen molar-refractivity contribution in [3.8, 4) is 11.2 Å². The lowest BCUT2D eigenvalue weighted by Crippen LogP contribution is -2.14. The Morgan fingerprint density at radius 3 is 2.49 bits per heavy atom. The smallest absolute Gasteiger partial charge is 0.294 e. The first-order chi connectivity index (χ1) is 16.3. The van der Waals surface area contributed by atoms with Crippen LogP contribution in [0.5, 0.6) is 0 Å². The van der Waals surface area contributed by atoms with Crippen LogP contribution in [0.2, 0.25) is 0 Å². The molecule has 0 aliphatic heterocycles. The third-order valence-electron chi connectivity index (χ3n) is 5.09. The number of aromatic nitrogens is 4. The molecule has 0 aliphatic carbocycles. The van der Waals surface area contributed by atoms with Crippen molar-refractivity contribution in [1.82, 2.24) is 19.7 Å². The molecule has 4 rings (SSSR count). The molecule has 35 heavy (non-hydrogen) atoms. The minimum atomic E-state index is -4.39. The van der Waals surface area contributed by atoms with E-state index in [-0.39, 0.29) is 22.1 Å². The van der Waals surface area contributed by atoms with Crippen molar-refractivity contribution in [2.45, 2.75) is 44.9 Å². The topological polar surface area (TPSA) is 172 Å². The van der Waals surface area contributed by atoms with Crippen LogP contribution in [0.1, 0.15) is 43.3 Å². The van der Waals surface area contributed by atoms with Gasteiger partial charge < -0.3 is 5.73 Å². The summed E-state index contributed by atoms with van der Waals surface area (Å²) in [6.07, 6.45) is 0.